The molecule has 7 heteroatoms. The number of fused-ring (bicyclic) bond motifs is 1. The molecular weight excluding hydrogens is 290 g/mol. The number of nitrogens with one attached hydrogen (secondary N) is 1. The van der Waals surface area contributed by atoms with E-state index in [1.54, 1.807) is 12.3 Å². The molecule has 0 atom stereocenters. The minimum absolute atomic E-state index is 0.166. The molecule has 0 amide bonds. The molecule has 1 aliphatic rings. The molecule has 0 aromatic carbocycles. The maximum absolute atomic E-state index is 13.2. The lowest BCUT2D eigenvalue weighted by molar-refractivity contribution is -0.0586. The summed E-state index contributed by atoms with van der Waals surface area (Å²) in [6, 6.07) is 1.92. The van der Waals surface area contributed by atoms with E-state index in [1.165, 1.54) is 12.4 Å². The number of halogens is 2. The smallest absolute Gasteiger partial charge is 0.248 e. The summed E-state index contributed by atoms with van der Waals surface area (Å²) in [5.74, 6) is -2.23. The maximum atomic E-state index is 13.2. The van der Waals surface area contributed by atoms with Crippen LogP contribution in [0.3, 0.4) is 0 Å². The van der Waals surface area contributed by atoms with Crippen molar-refractivity contribution in [3.05, 3.63) is 24.2 Å². The van der Waals surface area contributed by atoms with Gasteiger partial charge in [0.15, 0.2) is 0 Å². The first kappa shape index (κ1) is 14.4. The Morgan fingerprint density at radius 1 is 1.36 bits per heavy atom. The number of aromatic amines is 1. The molecule has 0 aliphatic heterocycles. The van der Waals surface area contributed by atoms with Gasteiger partial charge < -0.3 is 9.72 Å². The van der Waals surface area contributed by atoms with E-state index in [-0.39, 0.29) is 18.9 Å². The Kier molecular flexibility index (Phi) is 3.75. The average Bonchev–Trinajstić information content (AvgIpc) is 2.91. The van der Waals surface area contributed by atoms with E-state index in [1.807, 2.05) is 6.07 Å². The van der Waals surface area contributed by atoms with Crippen molar-refractivity contribution in [2.45, 2.75) is 37.7 Å². The van der Waals surface area contributed by atoms with Crippen LogP contribution in [0.4, 0.5) is 8.78 Å². The van der Waals surface area contributed by atoms with Crippen LogP contribution >= 0.6 is 0 Å². The lowest BCUT2D eigenvalue weighted by atomic mass is 9.94. The fourth-order valence-electron chi connectivity index (χ4n) is 2.59. The normalized spacial score (nSPS) is 18.6. The summed E-state index contributed by atoms with van der Waals surface area (Å²) in [6.45, 7) is 0. The third-order valence-corrected chi connectivity index (χ3v) is 3.75. The van der Waals surface area contributed by atoms with Crippen molar-refractivity contribution in [3.63, 3.8) is 0 Å². The molecule has 1 fully saturated rings. The number of rotatable bonds is 3. The summed E-state index contributed by atoms with van der Waals surface area (Å²) < 4.78 is 32.2. The third kappa shape index (κ3) is 2.91. The number of nitrogens with zero attached hydrogens (tertiary/aromatic N) is 3. The summed E-state index contributed by atoms with van der Waals surface area (Å²) >= 11 is 0. The van der Waals surface area contributed by atoms with Crippen LogP contribution in [0.15, 0.2) is 18.6 Å². The van der Waals surface area contributed by atoms with E-state index in [4.69, 9.17) is 10.00 Å². The van der Waals surface area contributed by atoms with Gasteiger partial charge in [0.1, 0.15) is 18.1 Å². The lowest BCUT2D eigenvalue weighted by Gasteiger charge is -2.28. The Bertz CT molecular complexity index is 738. The van der Waals surface area contributed by atoms with Crippen LogP contribution in [0, 0.1) is 11.3 Å². The highest BCUT2D eigenvalue weighted by Gasteiger charge is 2.36. The Balaban J connectivity index is 1.86. The highest BCUT2D eigenvalue weighted by atomic mass is 19.3. The molecule has 114 valence electrons. The molecule has 2 heterocycles. The van der Waals surface area contributed by atoms with Gasteiger partial charge in [0.2, 0.25) is 11.8 Å². The van der Waals surface area contributed by atoms with E-state index in [0.29, 0.717) is 29.8 Å². The molecule has 0 bridgehead atoms. The Hall–Kier alpha value is -2.49. The van der Waals surface area contributed by atoms with E-state index in [9.17, 15) is 8.78 Å². The van der Waals surface area contributed by atoms with Gasteiger partial charge in [0.25, 0.3) is 0 Å². The number of alkyl halides is 2. The predicted molar refractivity (Wildman–Crippen MR) is 76.4 cm³/mol. The van der Waals surface area contributed by atoms with Crippen molar-refractivity contribution in [1.29, 1.82) is 5.26 Å². The molecule has 0 radical (unpaired) electrons. The fraction of sp³-hybridized carbons (Fsp3) is 0.400. The number of allylic oxidation sites excluding steroid dienone is 1. The van der Waals surface area contributed by atoms with Crippen molar-refractivity contribution < 1.29 is 13.5 Å². The number of hydrogen-bond donors (Lipinski definition) is 1. The monoisotopic (exact) mass is 304 g/mol. The molecule has 5 nitrogen and oxygen atoms in total. The first-order valence-electron chi connectivity index (χ1n) is 7.02. The lowest BCUT2D eigenvalue weighted by Crippen LogP contribution is -2.31. The SMILES string of the molecule is N#C/C=C/c1c[nH]c2ncnc(OC3CCC(F)(F)CC3)c12. The number of nitriles is 1. The van der Waals surface area contributed by atoms with Gasteiger partial charge in [-0.15, -0.1) is 0 Å². The van der Waals surface area contributed by atoms with Gasteiger partial charge in [0, 0.05) is 30.7 Å². The average molecular weight is 304 g/mol. The van der Waals surface area contributed by atoms with Crippen molar-refractivity contribution in [2.24, 2.45) is 0 Å². The molecule has 3 rings (SSSR count). The highest BCUT2D eigenvalue weighted by Crippen LogP contribution is 2.36. The second-order valence-electron chi connectivity index (χ2n) is 5.28. The summed E-state index contributed by atoms with van der Waals surface area (Å²) in [5.41, 5.74) is 1.32. The quantitative estimate of drug-likeness (QED) is 0.881. The Morgan fingerprint density at radius 3 is 2.86 bits per heavy atom. The van der Waals surface area contributed by atoms with Crippen molar-refractivity contribution >= 4 is 17.1 Å². The Labute approximate surface area is 125 Å². The van der Waals surface area contributed by atoms with Gasteiger partial charge in [-0.2, -0.15) is 5.26 Å². The molecule has 0 spiro atoms. The van der Waals surface area contributed by atoms with Crippen molar-refractivity contribution in [3.8, 4) is 11.9 Å². The van der Waals surface area contributed by atoms with Gasteiger partial charge in [-0.05, 0) is 18.9 Å². The number of ether oxygens (including phenoxy) is 1. The van der Waals surface area contributed by atoms with E-state index in [2.05, 4.69) is 15.0 Å². The summed E-state index contributed by atoms with van der Waals surface area (Å²) in [6.07, 6.45) is 6.03. The fourth-order valence-corrected chi connectivity index (χ4v) is 2.59. The van der Waals surface area contributed by atoms with E-state index in [0.717, 1.165) is 5.56 Å². The molecule has 2 aromatic rings. The summed E-state index contributed by atoms with van der Waals surface area (Å²) in [4.78, 5) is 11.2. The number of hydrogen-bond acceptors (Lipinski definition) is 4. The van der Waals surface area contributed by atoms with Gasteiger partial charge in [-0.3, -0.25) is 0 Å². The van der Waals surface area contributed by atoms with Crippen LogP contribution in [0.2, 0.25) is 0 Å². The van der Waals surface area contributed by atoms with Crippen LogP contribution in [0.1, 0.15) is 31.2 Å². The minimum atomic E-state index is -2.59. The molecule has 1 saturated carbocycles. The number of aromatic nitrogens is 3. The first-order valence-corrected chi connectivity index (χ1v) is 7.02. The van der Waals surface area contributed by atoms with E-state index < -0.39 is 5.92 Å². The molecular formula is C15H14F2N4O. The first-order chi connectivity index (χ1) is 10.6. The largest absolute Gasteiger partial charge is 0.474 e. The molecule has 22 heavy (non-hydrogen) atoms. The van der Waals surface area contributed by atoms with Crippen molar-refractivity contribution in [1.82, 2.24) is 15.0 Å². The van der Waals surface area contributed by atoms with Gasteiger partial charge in [0.05, 0.1) is 11.5 Å². The summed E-state index contributed by atoms with van der Waals surface area (Å²) in [7, 11) is 0. The predicted octanol–water partition coefficient (Wildman–Crippen LogP) is 3.45. The highest BCUT2D eigenvalue weighted by molar-refractivity contribution is 5.90. The molecule has 1 aliphatic carbocycles. The van der Waals surface area contributed by atoms with Gasteiger partial charge in [-0.25, -0.2) is 18.7 Å². The van der Waals surface area contributed by atoms with Crippen LogP contribution in [0.25, 0.3) is 17.1 Å². The van der Waals surface area contributed by atoms with Gasteiger partial charge >= 0.3 is 0 Å². The number of H-pyrrole nitrogens is 1. The molecule has 1 N–H and O–H groups in total. The van der Waals surface area contributed by atoms with Gasteiger partial charge in [-0.1, -0.05) is 0 Å². The standard InChI is InChI=1S/C15H14F2N4O/c16-15(17)5-3-11(4-6-15)22-14-12-10(2-1-7-18)8-19-13(12)20-9-21-14/h1-2,8-9,11H,3-6H2,(H,19,20,21)/b2-1+. The topological polar surface area (TPSA) is 74.6 Å². The maximum Gasteiger partial charge on any atom is 0.248 e. The second kappa shape index (κ2) is 5.72. The zero-order chi connectivity index (χ0) is 15.6. The molecule has 0 saturated heterocycles. The van der Waals surface area contributed by atoms with Crippen molar-refractivity contribution in [2.75, 3.05) is 0 Å². The minimum Gasteiger partial charge on any atom is -0.474 e. The van der Waals surface area contributed by atoms with E-state index >= 15 is 0 Å². The zero-order valence-corrected chi connectivity index (χ0v) is 11.7. The molecule has 0 unspecified atom stereocenters. The van der Waals surface area contributed by atoms with Crippen LogP contribution in [0.5, 0.6) is 5.88 Å². The summed E-state index contributed by atoms with van der Waals surface area (Å²) in [5, 5.41) is 9.29. The third-order valence-electron chi connectivity index (χ3n) is 3.75. The van der Waals surface area contributed by atoms with Crippen LogP contribution in [-0.2, 0) is 0 Å². The van der Waals surface area contributed by atoms with Crippen LogP contribution < -0.4 is 4.74 Å². The Morgan fingerprint density at radius 2 is 2.14 bits per heavy atom. The molecule has 2 aromatic heterocycles. The zero-order valence-electron chi connectivity index (χ0n) is 11.7. The van der Waals surface area contributed by atoms with Crippen LogP contribution in [-0.4, -0.2) is 27.0 Å². The second-order valence-corrected chi connectivity index (χ2v) is 5.28.